The maximum Gasteiger partial charge on any atom is 0.0465 e. The lowest BCUT2D eigenvalue weighted by molar-refractivity contribution is 0.302. The van der Waals surface area contributed by atoms with Crippen molar-refractivity contribution in [1.82, 2.24) is 0 Å². The van der Waals surface area contributed by atoms with Gasteiger partial charge in [-0.05, 0) is 26.2 Å². The Labute approximate surface area is 63.8 Å². The fourth-order valence-electron chi connectivity index (χ4n) is 0.869. The van der Waals surface area contributed by atoms with E-state index in [1.807, 2.05) is 0 Å². The molecule has 0 aliphatic carbocycles. The van der Waals surface area contributed by atoms with E-state index >= 15 is 0 Å². The van der Waals surface area contributed by atoms with Crippen LogP contribution in [-0.4, -0.2) is 11.7 Å². The molecule has 0 aromatic carbocycles. The second-order valence-electron chi connectivity index (χ2n) is 2.67. The molecule has 1 heteroatoms. The summed E-state index contributed by atoms with van der Waals surface area (Å²) >= 11 is 0. The number of unbranched alkanes of at least 4 members (excludes halogenated alkanes) is 1. The van der Waals surface area contributed by atoms with Crippen molar-refractivity contribution in [2.24, 2.45) is 0 Å². The van der Waals surface area contributed by atoms with Crippen molar-refractivity contribution >= 4 is 0 Å². The SMILES string of the molecule is CCCCC(C)=CCCO. The number of hydrogen-bond donors (Lipinski definition) is 1. The molecule has 0 aromatic heterocycles. The first-order chi connectivity index (χ1) is 4.81. The Morgan fingerprint density at radius 1 is 1.50 bits per heavy atom. The summed E-state index contributed by atoms with van der Waals surface area (Å²) in [6.07, 6.45) is 6.65. The van der Waals surface area contributed by atoms with Crippen LogP contribution >= 0.6 is 0 Å². The van der Waals surface area contributed by atoms with Crippen LogP contribution in [0.3, 0.4) is 0 Å². The number of hydrogen-bond acceptors (Lipinski definition) is 1. The molecule has 0 heterocycles. The van der Waals surface area contributed by atoms with Gasteiger partial charge in [-0.25, -0.2) is 0 Å². The molecule has 0 saturated heterocycles. The number of aliphatic hydroxyl groups is 1. The highest BCUT2D eigenvalue weighted by atomic mass is 16.2. The van der Waals surface area contributed by atoms with E-state index in [4.69, 9.17) is 5.11 Å². The molecular formula is C9H18O. The van der Waals surface area contributed by atoms with Crippen LogP contribution in [-0.2, 0) is 0 Å². The van der Waals surface area contributed by atoms with Crippen LogP contribution < -0.4 is 0 Å². The molecule has 0 unspecified atom stereocenters. The Hall–Kier alpha value is -0.300. The van der Waals surface area contributed by atoms with Crippen LogP contribution in [0.4, 0.5) is 0 Å². The van der Waals surface area contributed by atoms with Gasteiger partial charge in [-0.3, -0.25) is 0 Å². The topological polar surface area (TPSA) is 20.2 Å². The summed E-state index contributed by atoms with van der Waals surface area (Å²) in [6.45, 7) is 4.61. The first kappa shape index (κ1) is 9.70. The Kier molecular flexibility index (Phi) is 6.61. The molecule has 0 radical (unpaired) electrons. The van der Waals surface area contributed by atoms with E-state index in [1.165, 1.54) is 24.8 Å². The smallest absolute Gasteiger partial charge is 0.0465 e. The molecular weight excluding hydrogens is 124 g/mol. The largest absolute Gasteiger partial charge is 0.396 e. The summed E-state index contributed by atoms with van der Waals surface area (Å²) in [4.78, 5) is 0. The van der Waals surface area contributed by atoms with Crippen molar-refractivity contribution < 1.29 is 5.11 Å². The van der Waals surface area contributed by atoms with Gasteiger partial charge in [0.25, 0.3) is 0 Å². The number of rotatable bonds is 5. The number of aliphatic hydroxyl groups excluding tert-OH is 1. The van der Waals surface area contributed by atoms with Crippen LogP contribution in [0, 0.1) is 0 Å². The zero-order chi connectivity index (χ0) is 7.82. The van der Waals surface area contributed by atoms with Crippen molar-refractivity contribution in [2.45, 2.75) is 39.5 Å². The molecule has 60 valence electrons. The van der Waals surface area contributed by atoms with Gasteiger partial charge in [0.05, 0.1) is 0 Å². The highest BCUT2D eigenvalue weighted by molar-refractivity contribution is 4.97. The van der Waals surface area contributed by atoms with Crippen molar-refractivity contribution in [3.05, 3.63) is 11.6 Å². The Balaban J connectivity index is 3.30. The molecule has 0 spiro atoms. The van der Waals surface area contributed by atoms with E-state index in [0.717, 1.165) is 6.42 Å². The Morgan fingerprint density at radius 3 is 2.70 bits per heavy atom. The lowest BCUT2D eigenvalue weighted by atomic mass is 10.1. The van der Waals surface area contributed by atoms with Crippen LogP contribution in [0.1, 0.15) is 39.5 Å². The molecule has 0 aliphatic rings. The predicted molar refractivity (Wildman–Crippen MR) is 45.0 cm³/mol. The molecule has 0 fully saturated rings. The normalized spacial score (nSPS) is 12.1. The molecule has 0 rings (SSSR count). The average molecular weight is 142 g/mol. The average Bonchev–Trinajstić information content (AvgIpc) is 1.97. The van der Waals surface area contributed by atoms with E-state index < -0.39 is 0 Å². The van der Waals surface area contributed by atoms with Crippen molar-refractivity contribution in [3.8, 4) is 0 Å². The molecule has 0 atom stereocenters. The van der Waals surface area contributed by atoms with E-state index in [-0.39, 0.29) is 6.61 Å². The second kappa shape index (κ2) is 6.81. The van der Waals surface area contributed by atoms with Crippen LogP contribution in [0.25, 0.3) is 0 Å². The van der Waals surface area contributed by atoms with Crippen LogP contribution in [0.15, 0.2) is 11.6 Å². The third kappa shape index (κ3) is 5.83. The quantitative estimate of drug-likeness (QED) is 0.585. The molecule has 0 bridgehead atoms. The van der Waals surface area contributed by atoms with Crippen LogP contribution in [0.2, 0.25) is 0 Å². The standard InChI is InChI=1S/C9H18O/c1-3-4-6-9(2)7-5-8-10/h7,10H,3-6,8H2,1-2H3. The van der Waals surface area contributed by atoms with Crippen molar-refractivity contribution in [1.29, 1.82) is 0 Å². The van der Waals surface area contributed by atoms with Gasteiger partial charge in [-0.2, -0.15) is 0 Å². The van der Waals surface area contributed by atoms with Gasteiger partial charge in [0, 0.05) is 6.61 Å². The summed E-state index contributed by atoms with van der Waals surface area (Å²) in [5.74, 6) is 0. The molecule has 0 aromatic rings. The molecule has 10 heavy (non-hydrogen) atoms. The maximum atomic E-state index is 8.50. The summed E-state index contributed by atoms with van der Waals surface area (Å²) in [5, 5.41) is 8.50. The monoisotopic (exact) mass is 142 g/mol. The molecule has 1 nitrogen and oxygen atoms in total. The Morgan fingerprint density at radius 2 is 2.20 bits per heavy atom. The highest BCUT2D eigenvalue weighted by Crippen LogP contribution is 2.06. The summed E-state index contributed by atoms with van der Waals surface area (Å²) in [7, 11) is 0. The van der Waals surface area contributed by atoms with E-state index in [9.17, 15) is 0 Å². The number of allylic oxidation sites excluding steroid dienone is 1. The minimum atomic E-state index is 0.281. The van der Waals surface area contributed by atoms with Crippen molar-refractivity contribution in [3.63, 3.8) is 0 Å². The van der Waals surface area contributed by atoms with Gasteiger partial charge in [-0.1, -0.05) is 25.0 Å². The highest BCUT2D eigenvalue weighted by Gasteiger charge is 1.87. The van der Waals surface area contributed by atoms with Gasteiger partial charge >= 0.3 is 0 Å². The molecule has 0 amide bonds. The van der Waals surface area contributed by atoms with Gasteiger partial charge in [0.15, 0.2) is 0 Å². The summed E-state index contributed by atoms with van der Waals surface area (Å²) < 4.78 is 0. The van der Waals surface area contributed by atoms with E-state index in [1.54, 1.807) is 0 Å². The minimum Gasteiger partial charge on any atom is -0.396 e. The summed E-state index contributed by atoms with van der Waals surface area (Å²) in [5.41, 5.74) is 1.41. The molecule has 0 aliphatic heterocycles. The van der Waals surface area contributed by atoms with Crippen LogP contribution in [0.5, 0.6) is 0 Å². The lowest BCUT2D eigenvalue weighted by Crippen LogP contribution is -1.81. The Bertz CT molecular complexity index is 94.9. The van der Waals surface area contributed by atoms with Gasteiger partial charge in [0.2, 0.25) is 0 Å². The first-order valence-electron chi connectivity index (χ1n) is 4.07. The zero-order valence-corrected chi connectivity index (χ0v) is 7.06. The minimum absolute atomic E-state index is 0.281. The first-order valence-corrected chi connectivity index (χ1v) is 4.07. The van der Waals surface area contributed by atoms with E-state index in [0.29, 0.717) is 0 Å². The molecule has 1 N–H and O–H groups in total. The molecule has 0 saturated carbocycles. The van der Waals surface area contributed by atoms with Crippen molar-refractivity contribution in [2.75, 3.05) is 6.61 Å². The predicted octanol–water partition coefficient (Wildman–Crippen LogP) is 2.51. The fourth-order valence-corrected chi connectivity index (χ4v) is 0.869. The zero-order valence-electron chi connectivity index (χ0n) is 7.06. The van der Waals surface area contributed by atoms with Gasteiger partial charge in [-0.15, -0.1) is 0 Å². The third-order valence-electron chi connectivity index (χ3n) is 1.55. The fraction of sp³-hybridized carbons (Fsp3) is 0.778. The maximum absolute atomic E-state index is 8.50. The third-order valence-corrected chi connectivity index (χ3v) is 1.55. The second-order valence-corrected chi connectivity index (χ2v) is 2.67. The van der Waals surface area contributed by atoms with Gasteiger partial charge in [0.1, 0.15) is 0 Å². The van der Waals surface area contributed by atoms with Gasteiger partial charge < -0.3 is 5.11 Å². The van der Waals surface area contributed by atoms with E-state index in [2.05, 4.69) is 19.9 Å². The summed E-state index contributed by atoms with van der Waals surface area (Å²) in [6, 6.07) is 0. The lowest BCUT2D eigenvalue weighted by Gasteiger charge is -1.97.